The summed E-state index contributed by atoms with van der Waals surface area (Å²) in [6.45, 7) is 0.760. The van der Waals surface area contributed by atoms with Crippen molar-refractivity contribution in [3.05, 3.63) is 28.0 Å². The topological polar surface area (TPSA) is 61.5 Å². The summed E-state index contributed by atoms with van der Waals surface area (Å²) >= 11 is 3.08. The van der Waals surface area contributed by atoms with Crippen LogP contribution in [0.2, 0.25) is 0 Å². The summed E-state index contributed by atoms with van der Waals surface area (Å²) in [5.41, 5.74) is 5.50. The molecule has 0 aliphatic rings. The number of methoxy groups -OCH3 is 1. The zero-order chi connectivity index (χ0) is 12.8. The summed E-state index contributed by atoms with van der Waals surface area (Å²) in [5, 5.41) is 0. The first-order valence-electron chi connectivity index (χ1n) is 4.97. The van der Waals surface area contributed by atoms with Crippen molar-refractivity contribution >= 4 is 27.6 Å². The quantitative estimate of drug-likeness (QED) is 0.515. The van der Waals surface area contributed by atoms with Gasteiger partial charge in [-0.1, -0.05) is 0 Å². The van der Waals surface area contributed by atoms with Gasteiger partial charge in [0.15, 0.2) is 0 Å². The van der Waals surface area contributed by atoms with Crippen LogP contribution in [0.4, 0.5) is 10.1 Å². The highest BCUT2D eigenvalue weighted by Crippen LogP contribution is 2.23. The van der Waals surface area contributed by atoms with Crippen LogP contribution in [0, 0.1) is 5.82 Å². The number of ether oxygens (including phenoxy) is 2. The Hall–Kier alpha value is -1.14. The normalized spacial score (nSPS) is 10.3. The van der Waals surface area contributed by atoms with E-state index in [-0.39, 0.29) is 17.9 Å². The van der Waals surface area contributed by atoms with Crippen molar-refractivity contribution in [1.82, 2.24) is 0 Å². The van der Waals surface area contributed by atoms with E-state index in [2.05, 4.69) is 15.9 Å². The van der Waals surface area contributed by atoms with E-state index in [1.807, 2.05) is 0 Å². The van der Waals surface area contributed by atoms with Gasteiger partial charge in [0.2, 0.25) is 0 Å². The van der Waals surface area contributed by atoms with Gasteiger partial charge in [-0.25, -0.2) is 9.18 Å². The zero-order valence-corrected chi connectivity index (χ0v) is 10.9. The van der Waals surface area contributed by atoms with Gasteiger partial charge in [0.05, 0.1) is 17.9 Å². The molecule has 1 aromatic carbocycles. The average molecular weight is 306 g/mol. The second-order valence-corrected chi connectivity index (χ2v) is 4.19. The molecule has 0 bridgehead atoms. The minimum atomic E-state index is -0.576. The lowest BCUT2D eigenvalue weighted by atomic mass is 10.2. The van der Waals surface area contributed by atoms with Gasteiger partial charge in [-0.3, -0.25) is 0 Å². The molecule has 0 aromatic heterocycles. The summed E-state index contributed by atoms with van der Waals surface area (Å²) in [6, 6.07) is 2.39. The van der Waals surface area contributed by atoms with E-state index in [9.17, 15) is 9.18 Å². The fraction of sp³-hybridized carbons (Fsp3) is 0.364. The molecule has 6 heteroatoms. The monoisotopic (exact) mass is 305 g/mol. The van der Waals surface area contributed by atoms with Crippen molar-refractivity contribution in [2.45, 2.75) is 6.42 Å². The number of nitrogens with two attached hydrogens (primary N) is 1. The van der Waals surface area contributed by atoms with E-state index in [0.29, 0.717) is 17.5 Å². The molecule has 1 rings (SSSR count). The number of anilines is 1. The number of carbonyl (C=O) groups excluding carboxylic acids is 1. The van der Waals surface area contributed by atoms with Gasteiger partial charge in [0.1, 0.15) is 5.82 Å². The molecule has 0 aliphatic heterocycles. The van der Waals surface area contributed by atoms with Crippen molar-refractivity contribution in [2.75, 3.05) is 26.1 Å². The molecule has 17 heavy (non-hydrogen) atoms. The number of hydrogen-bond donors (Lipinski definition) is 1. The van der Waals surface area contributed by atoms with Crippen molar-refractivity contribution in [2.24, 2.45) is 0 Å². The lowest BCUT2D eigenvalue weighted by Crippen LogP contribution is -2.09. The molecule has 94 valence electrons. The Bertz CT molecular complexity index is 412. The molecule has 0 amide bonds. The molecule has 0 spiro atoms. The van der Waals surface area contributed by atoms with Crippen LogP contribution < -0.4 is 5.73 Å². The highest BCUT2D eigenvalue weighted by Gasteiger charge is 2.14. The van der Waals surface area contributed by atoms with E-state index in [4.69, 9.17) is 15.2 Å². The summed E-state index contributed by atoms with van der Waals surface area (Å²) in [4.78, 5) is 11.6. The van der Waals surface area contributed by atoms with Crippen molar-refractivity contribution < 1.29 is 18.7 Å². The predicted octanol–water partition coefficient (Wildman–Crippen LogP) is 2.36. The molecule has 2 N–H and O–H groups in total. The predicted molar refractivity (Wildman–Crippen MR) is 65.3 cm³/mol. The molecule has 0 aliphatic carbocycles. The summed E-state index contributed by atoms with van der Waals surface area (Å²) in [5.74, 6) is -1.12. The Morgan fingerprint density at radius 1 is 1.47 bits per heavy atom. The number of hydrogen-bond acceptors (Lipinski definition) is 4. The van der Waals surface area contributed by atoms with Crippen LogP contribution in [0.15, 0.2) is 16.6 Å². The molecular weight excluding hydrogens is 293 g/mol. The lowest BCUT2D eigenvalue weighted by Gasteiger charge is -2.07. The van der Waals surface area contributed by atoms with Crippen LogP contribution >= 0.6 is 15.9 Å². The third-order valence-corrected chi connectivity index (χ3v) is 2.69. The first kappa shape index (κ1) is 13.9. The Balaban J connectivity index is 2.66. The van der Waals surface area contributed by atoms with Gasteiger partial charge < -0.3 is 15.2 Å². The number of rotatable bonds is 5. The number of halogens is 2. The Morgan fingerprint density at radius 3 is 2.82 bits per heavy atom. The van der Waals surface area contributed by atoms with Crippen LogP contribution in [0.3, 0.4) is 0 Å². The zero-order valence-electron chi connectivity index (χ0n) is 9.33. The lowest BCUT2D eigenvalue weighted by molar-refractivity contribution is 0.0467. The van der Waals surface area contributed by atoms with Crippen LogP contribution in [-0.4, -0.2) is 26.3 Å². The molecule has 0 radical (unpaired) electrons. The summed E-state index contributed by atoms with van der Waals surface area (Å²) in [7, 11) is 1.57. The molecule has 0 fully saturated rings. The second-order valence-electron chi connectivity index (χ2n) is 3.34. The SMILES string of the molecule is COCCCOC(=O)c1cc(N)c(F)cc1Br. The maximum absolute atomic E-state index is 13.1. The van der Waals surface area contributed by atoms with E-state index < -0.39 is 11.8 Å². The van der Waals surface area contributed by atoms with Gasteiger partial charge in [-0.15, -0.1) is 0 Å². The maximum atomic E-state index is 13.1. The highest BCUT2D eigenvalue weighted by molar-refractivity contribution is 9.10. The summed E-state index contributed by atoms with van der Waals surface area (Å²) in [6.07, 6.45) is 0.608. The highest BCUT2D eigenvalue weighted by atomic mass is 79.9. The minimum absolute atomic E-state index is 0.0861. The summed E-state index contributed by atoms with van der Waals surface area (Å²) < 4.78 is 23.2. The molecule has 0 heterocycles. The number of esters is 1. The van der Waals surface area contributed by atoms with Crippen LogP contribution in [0.25, 0.3) is 0 Å². The minimum Gasteiger partial charge on any atom is -0.462 e. The third-order valence-electron chi connectivity index (χ3n) is 2.03. The van der Waals surface area contributed by atoms with Crippen molar-refractivity contribution in [3.8, 4) is 0 Å². The van der Waals surface area contributed by atoms with E-state index in [1.165, 1.54) is 6.07 Å². The molecule has 0 unspecified atom stereocenters. The van der Waals surface area contributed by atoms with Crippen molar-refractivity contribution in [3.63, 3.8) is 0 Å². The molecule has 0 saturated heterocycles. The first-order chi connectivity index (χ1) is 8.06. The smallest absolute Gasteiger partial charge is 0.339 e. The van der Waals surface area contributed by atoms with Gasteiger partial charge in [-0.05, 0) is 28.1 Å². The van der Waals surface area contributed by atoms with Gasteiger partial charge >= 0.3 is 5.97 Å². The molecule has 4 nitrogen and oxygen atoms in total. The largest absolute Gasteiger partial charge is 0.462 e. The van der Waals surface area contributed by atoms with E-state index >= 15 is 0 Å². The van der Waals surface area contributed by atoms with Crippen LogP contribution in [0.5, 0.6) is 0 Å². The van der Waals surface area contributed by atoms with E-state index in [0.717, 1.165) is 6.07 Å². The Kier molecular flexibility index (Phi) is 5.37. The Morgan fingerprint density at radius 2 is 2.18 bits per heavy atom. The molecule has 1 aromatic rings. The van der Waals surface area contributed by atoms with Crippen molar-refractivity contribution in [1.29, 1.82) is 0 Å². The fourth-order valence-corrected chi connectivity index (χ4v) is 1.65. The fourth-order valence-electron chi connectivity index (χ4n) is 1.17. The maximum Gasteiger partial charge on any atom is 0.339 e. The number of benzene rings is 1. The van der Waals surface area contributed by atoms with Gasteiger partial charge in [0, 0.05) is 24.6 Å². The molecular formula is C11H13BrFNO3. The first-order valence-corrected chi connectivity index (χ1v) is 5.76. The second kappa shape index (κ2) is 6.56. The average Bonchev–Trinajstić information content (AvgIpc) is 2.29. The van der Waals surface area contributed by atoms with Gasteiger partial charge in [-0.2, -0.15) is 0 Å². The van der Waals surface area contributed by atoms with Crippen LogP contribution in [0.1, 0.15) is 16.8 Å². The van der Waals surface area contributed by atoms with Crippen LogP contribution in [-0.2, 0) is 9.47 Å². The third kappa shape index (κ3) is 3.98. The molecule has 0 saturated carbocycles. The number of carbonyl (C=O) groups is 1. The number of nitrogen functional groups attached to an aromatic ring is 1. The van der Waals surface area contributed by atoms with E-state index in [1.54, 1.807) is 7.11 Å². The standard InChI is InChI=1S/C11H13BrFNO3/c1-16-3-2-4-17-11(15)7-5-10(14)9(13)6-8(7)12/h5-6H,2-4,14H2,1H3. The molecule has 0 atom stereocenters. The Labute approximate surface area is 107 Å². The van der Waals surface area contributed by atoms with Gasteiger partial charge in [0.25, 0.3) is 0 Å².